The Morgan fingerprint density at radius 3 is 2.63 bits per heavy atom. The molecule has 1 heterocycles. The van der Waals surface area contributed by atoms with Crippen molar-refractivity contribution in [2.45, 2.75) is 45.6 Å². The summed E-state index contributed by atoms with van der Waals surface area (Å²) in [6, 6.07) is 0.386. The standard InChI is InChI=1S/C13H22N4OS/c1-9(2)8-17(10-6-4-5-7-10)12(18)11-15-16-13(14-3)19-11/h9-10H,4-8H2,1-3H3,(H,14,16). The molecular formula is C13H22N4OS. The number of carbonyl (C=O) groups excluding carboxylic acids is 1. The molecule has 1 N–H and O–H groups in total. The van der Waals surface area contributed by atoms with Crippen molar-refractivity contribution >= 4 is 22.4 Å². The molecule has 0 atom stereocenters. The maximum atomic E-state index is 12.6. The number of hydrogen-bond donors (Lipinski definition) is 1. The van der Waals surface area contributed by atoms with Gasteiger partial charge in [-0.3, -0.25) is 4.79 Å². The third kappa shape index (κ3) is 3.43. The predicted octanol–water partition coefficient (Wildman–Crippen LogP) is 2.62. The molecule has 1 saturated carbocycles. The number of hydrogen-bond acceptors (Lipinski definition) is 5. The van der Waals surface area contributed by atoms with Gasteiger partial charge in [0.25, 0.3) is 5.91 Å². The second kappa shape index (κ2) is 6.32. The topological polar surface area (TPSA) is 58.1 Å². The SMILES string of the molecule is CNc1nnc(C(=O)N(CC(C)C)C2CCCC2)s1. The van der Waals surface area contributed by atoms with Crippen LogP contribution in [-0.2, 0) is 0 Å². The highest BCUT2D eigenvalue weighted by molar-refractivity contribution is 7.17. The fourth-order valence-electron chi connectivity index (χ4n) is 2.54. The Bertz CT molecular complexity index is 426. The summed E-state index contributed by atoms with van der Waals surface area (Å²) in [4.78, 5) is 14.6. The fourth-order valence-corrected chi connectivity index (χ4v) is 3.19. The van der Waals surface area contributed by atoms with Crippen LogP contribution in [0.15, 0.2) is 0 Å². The van der Waals surface area contributed by atoms with Crippen molar-refractivity contribution in [2.24, 2.45) is 5.92 Å². The van der Waals surface area contributed by atoms with Crippen molar-refractivity contribution in [3.8, 4) is 0 Å². The highest BCUT2D eigenvalue weighted by atomic mass is 32.1. The third-order valence-electron chi connectivity index (χ3n) is 3.41. The van der Waals surface area contributed by atoms with E-state index in [0.29, 0.717) is 22.1 Å². The van der Waals surface area contributed by atoms with Crippen LogP contribution in [0.1, 0.15) is 49.3 Å². The van der Waals surface area contributed by atoms with Gasteiger partial charge in [-0.15, -0.1) is 10.2 Å². The Morgan fingerprint density at radius 2 is 2.11 bits per heavy atom. The van der Waals surface area contributed by atoms with E-state index >= 15 is 0 Å². The van der Waals surface area contributed by atoms with Gasteiger partial charge in [0.15, 0.2) is 0 Å². The first-order valence-electron chi connectivity index (χ1n) is 6.94. The second-order valence-electron chi connectivity index (χ2n) is 5.45. The Kier molecular flexibility index (Phi) is 4.74. The van der Waals surface area contributed by atoms with Gasteiger partial charge in [-0.2, -0.15) is 0 Å². The van der Waals surface area contributed by atoms with E-state index in [2.05, 4.69) is 29.4 Å². The van der Waals surface area contributed by atoms with E-state index < -0.39 is 0 Å². The normalized spacial score (nSPS) is 16.0. The molecule has 1 aromatic rings. The highest BCUT2D eigenvalue weighted by Crippen LogP contribution is 2.27. The van der Waals surface area contributed by atoms with E-state index in [4.69, 9.17) is 0 Å². The van der Waals surface area contributed by atoms with Gasteiger partial charge >= 0.3 is 0 Å². The minimum atomic E-state index is 0.0413. The van der Waals surface area contributed by atoms with Crippen LogP contribution >= 0.6 is 11.3 Å². The average Bonchev–Trinajstić information content (AvgIpc) is 3.05. The molecule has 0 aromatic carbocycles. The molecule has 0 radical (unpaired) electrons. The molecule has 0 bridgehead atoms. The summed E-state index contributed by atoms with van der Waals surface area (Å²) in [5.41, 5.74) is 0. The molecule has 1 fully saturated rings. The third-order valence-corrected chi connectivity index (χ3v) is 4.34. The summed E-state index contributed by atoms with van der Waals surface area (Å²) in [5.74, 6) is 0.515. The van der Waals surface area contributed by atoms with Crippen LogP contribution in [0.5, 0.6) is 0 Å². The molecule has 106 valence electrons. The molecule has 0 aliphatic heterocycles. The van der Waals surface area contributed by atoms with E-state index in [-0.39, 0.29) is 5.91 Å². The van der Waals surface area contributed by atoms with Crippen molar-refractivity contribution < 1.29 is 4.79 Å². The van der Waals surface area contributed by atoms with Crippen LogP contribution in [0, 0.1) is 5.92 Å². The molecule has 1 aliphatic carbocycles. The molecule has 0 saturated heterocycles. The molecule has 6 heteroatoms. The Hall–Kier alpha value is -1.17. The summed E-state index contributed by atoms with van der Waals surface area (Å²) in [7, 11) is 1.79. The first-order chi connectivity index (χ1) is 9.11. The van der Waals surface area contributed by atoms with Crippen LogP contribution in [0.4, 0.5) is 5.13 Å². The molecule has 0 spiro atoms. The van der Waals surface area contributed by atoms with Crippen LogP contribution in [-0.4, -0.2) is 40.6 Å². The lowest BCUT2D eigenvalue weighted by atomic mass is 10.1. The molecule has 2 rings (SSSR count). The van der Waals surface area contributed by atoms with E-state index in [1.54, 1.807) is 7.05 Å². The van der Waals surface area contributed by atoms with Gasteiger partial charge < -0.3 is 10.2 Å². The lowest BCUT2D eigenvalue weighted by Gasteiger charge is -2.29. The van der Waals surface area contributed by atoms with Crippen molar-refractivity contribution in [2.75, 3.05) is 18.9 Å². The van der Waals surface area contributed by atoms with E-state index in [9.17, 15) is 4.79 Å². The number of anilines is 1. The zero-order valence-corrected chi connectivity index (χ0v) is 12.7. The average molecular weight is 282 g/mol. The predicted molar refractivity (Wildman–Crippen MR) is 77.6 cm³/mol. The summed E-state index contributed by atoms with van der Waals surface area (Å²) in [6.45, 7) is 5.10. The molecule has 19 heavy (non-hydrogen) atoms. The van der Waals surface area contributed by atoms with Gasteiger partial charge in [-0.1, -0.05) is 38.0 Å². The zero-order valence-electron chi connectivity index (χ0n) is 11.8. The van der Waals surface area contributed by atoms with Crippen molar-refractivity contribution in [1.29, 1.82) is 0 Å². The highest BCUT2D eigenvalue weighted by Gasteiger charge is 2.29. The smallest absolute Gasteiger partial charge is 0.285 e. The number of amides is 1. The lowest BCUT2D eigenvalue weighted by molar-refractivity contribution is 0.0654. The van der Waals surface area contributed by atoms with E-state index in [1.165, 1.54) is 24.2 Å². The van der Waals surface area contributed by atoms with Crippen molar-refractivity contribution in [1.82, 2.24) is 15.1 Å². The summed E-state index contributed by atoms with van der Waals surface area (Å²) in [5, 5.41) is 12.1. The quantitative estimate of drug-likeness (QED) is 0.902. The summed E-state index contributed by atoms with van der Waals surface area (Å²) >= 11 is 1.33. The maximum absolute atomic E-state index is 12.6. The Balaban J connectivity index is 2.14. The number of rotatable bonds is 5. The fraction of sp³-hybridized carbons (Fsp3) is 0.769. The van der Waals surface area contributed by atoms with Crippen LogP contribution in [0.2, 0.25) is 0 Å². The number of nitrogens with zero attached hydrogens (tertiary/aromatic N) is 3. The van der Waals surface area contributed by atoms with Crippen molar-refractivity contribution in [3.63, 3.8) is 0 Å². The van der Waals surface area contributed by atoms with E-state index in [0.717, 1.165) is 19.4 Å². The molecule has 1 amide bonds. The van der Waals surface area contributed by atoms with Gasteiger partial charge in [0.05, 0.1) is 0 Å². The number of carbonyl (C=O) groups is 1. The second-order valence-corrected chi connectivity index (χ2v) is 6.43. The first kappa shape index (κ1) is 14.2. The van der Waals surface area contributed by atoms with Crippen LogP contribution < -0.4 is 5.32 Å². The maximum Gasteiger partial charge on any atom is 0.285 e. The number of aromatic nitrogens is 2. The summed E-state index contributed by atoms with van der Waals surface area (Å²) in [6.07, 6.45) is 4.70. The van der Waals surface area contributed by atoms with Gasteiger partial charge in [0.2, 0.25) is 10.1 Å². The molecule has 1 aromatic heterocycles. The molecule has 1 aliphatic rings. The molecule has 5 nitrogen and oxygen atoms in total. The first-order valence-corrected chi connectivity index (χ1v) is 7.75. The van der Waals surface area contributed by atoms with Crippen LogP contribution in [0.3, 0.4) is 0 Å². The largest absolute Gasteiger partial charge is 0.363 e. The lowest BCUT2D eigenvalue weighted by Crippen LogP contribution is -2.41. The number of nitrogens with one attached hydrogen (secondary N) is 1. The minimum Gasteiger partial charge on any atom is -0.363 e. The van der Waals surface area contributed by atoms with Gasteiger partial charge in [-0.25, -0.2) is 0 Å². The van der Waals surface area contributed by atoms with Gasteiger partial charge in [0.1, 0.15) is 0 Å². The van der Waals surface area contributed by atoms with Gasteiger partial charge in [0, 0.05) is 19.6 Å². The minimum absolute atomic E-state index is 0.0413. The van der Waals surface area contributed by atoms with Crippen LogP contribution in [0.25, 0.3) is 0 Å². The summed E-state index contributed by atoms with van der Waals surface area (Å²) < 4.78 is 0. The van der Waals surface area contributed by atoms with Crippen molar-refractivity contribution in [3.05, 3.63) is 5.01 Å². The monoisotopic (exact) mass is 282 g/mol. The molecule has 0 unspecified atom stereocenters. The molecular weight excluding hydrogens is 260 g/mol. The van der Waals surface area contributed by atoms with E-state index in [1.807, 2.05) is 4.90 Å². The Labute approximate surface area is 118 Å². The van der Waals surface area contributed by atoms with Gasteiger partial charge in [-0.05, 0) is 18.8 Å². The Morgan fingerprint density at radius 1 is 1.42 bits per heavy atom. The zero-order chi connectivity index (χ0) is 13.8.